The van der Waals surface area contributed by atoms with Crippen LogP contribution in [0.25, 0.3) is 10.8 Å². The Morgan fingerprint density at radius 1 is 1.14 bits per heavy atom. The van der Waals surface area contributed by atoms with E-state index in [9.17, 15) is 14.4 Å². The van der Waals surface area contributed by atoms with Gasteiger partial charge in [-0.05, 0) is 31.0 Å². The number of carbonyl (C=O) groups excluding carboxylic acids is 2. The molecule has 1 amide bonds. The van der Waals surface area contributed by atoms with Crippen molar-refractivity contribution in [1.82, 2.24) is 4.57 Å². The highest BCUT2D eigenvalue weighted by Gasteiger charge is 2.31. The van der Waals surface area contributed by atoms with E-state index >= 15 is 0 Å². The largest absolute Gasteiger partial charge is 0.464 e. The number of esters is 1. The second kappa shape index (κ2) is 9.44. The average molecular weight is 419 g/mol. The van der Waals surface area contributed by atoms with Crippen molar-refractivity contribution in [3.05, 3.63) is 40.8 Å². The molecule has 1 saturated carbocycles. The van der Waals surface area contributed by atoms with E-state index in [0.29, 0.717) is 16.5 Å². The number of hydrogen-bond acceptors (Lipinski definition) is 4. The van der Waals surface area contributed by atoms with Crippen LogP contribution in [0.3, 0.4) is 0 Å². The van der Waals surface area contributed by atoms with Crippen molar-refractivity contribution in [2.45, 2.75) is 63.3 Å². The Hall–Kier alpha value is -2.34. The summed E-state index contributed by atoms with van der Waals surface area (Å²) in [5.74, 6) is -0.511. The smallest absolute Gasteiger partial charge is 0.302 e. The van der Waals surface area contributed by atoms with Crippen molar-refractivity contribution in [2.24, 2.45) is 0 Å². The minimum atomic E-state index is -0.478. The molecule has 156 valence electrons. The number of nitrogens with one attached hydrogen (secondary N) is 1. The zero-order valence-electron chi connectivity index (χ0n) is 16.7. The summed E-state index contributed by atoms with van der Waals surface area (Å²) >= 11 is 6.73. The molecule has 3 rings (SSSR count). The lowest BCUT2D eigenvalue weighted by Crippen LogP contribution is -2.28. The van der Waals surface area contributed by atoms with Crippen LogP contribution in [0.5, 0.6) is 0 Å². The van der Waals surface area contributed by atoms with Gasteiger partial charge in [-0.2, -0.15) is 0 Å². The summed E-state index contributed by atoms with van der Waals surface area (Å²) in [7, 11) is 0. The molecule has 1 aromatic carbocycles. The molecule has 0 bridgehead atoms. The minimum absolute atomic E-state index is 0.131. The van der Waals surface area contributed by atoms with Gasteiger partial charge in [-0.25, -0.2) is 0 Å². The number of fused-ring (bicyclic) bond motifs is 1. The number of anilines is 1. The second-order valence-corrected chi connectivity index (χ2v) is 8.51. The molecule has 0 aliphatic heterocycles. The van der Waals surface area contributed by atoms with Gasteiger partial charge < -0.3 is 14.6 Å². The van der Waals surface area contributed by atoms with E-state index in [-0.39, 0.29) is 37.0 Å². The zero-order valence-corrected chi connectivity index (χ0v) is 17.5. The van der Waals surface area contributed by atoms with E-state index < -0.39 is 4.87 Å². The van der Waals surface area contributed by atoms with Crippen LogP contribution in [0.4, 0.5) is 5.69 Å². The van der Waals surface area contributed by atoms with Crippen LogP contribution in [0.1, 0.15) is 51.9 Å². The van der Waals surface area contributed by atoms with Crippen molar-refractivity contribution >= 4 is 39.9 Å². The van der Waals surface area contributed by atoms with Crippen LogP contribution in [-0.2, 0) is 20.9 Å². The van der Waals surface area contributed by atoms with Gasteiger partial charge >= 0.3 is 5.97 Å². The van der Waals surface area contributed by atoms with Gasteiger partial charge in [0.15, 0.2) is 0 Å². The topological polar surface area (TPSA) is 77.4 Å². The number of pyridine rings is 1. The second-order valence-electron chi connectivity index (χ2n) is 7.71. The summed E-state index contributed by atoms with van der Waals surface area (Å²) in [4.78, 5) is 35.8. The van der Waals surface area contributed by atoms with E-state index in [1.165, 1.54) is 24.3 Å². The molecule has 29 heavy (non-hydrogen) atoms. The van der Waals surface area contributed by atoms with Crippen LogP contribution in [0.2, 0.25) is 0 Å². The molecule has 1 aromatic heterocycles. The molecular weight excluding hydrogens is 392 g/mol. The molecule has 1 heterocycles. The number of alkyl halides is 1. The van der Waals surface area contributed by atoms with Gasteiger partial charge in [0.2, 0.25) is 5.91 Å². The van der Waals surface area contributed by atoms with Crippen molar-refractivity contribution in [3.8, 4) is 0 Å². The number of amides is 1. The maximum atomic E-state index is 12.7. The molecule has 0 unspecified atom stereocenters. The molecule has 6 nitrogen and oxygen atoms in total. The monoisotopic (exact) mass is 418 g/mol. The molecule has 0 atom stereocenters. The van der Waals surface area contributed by atoms with Crippen LogP contribution < -0.4 is 10.9 Å². The first-order chi connectivity index (χ1) is 13.9. The van der Waals surface area contributed by atoms with Crippen molar-refractivity contribution < 1.29 is 14.3 Å². The third-order valence-electron chi connectivity index (χ3n) is 5.41. The Balaban J connectivity index is 1.75. The number of carbonyl (C=O) groups is 2. The molecule has 1 N–H and O–H groups in total. The predicted molar refractivity (Wildman–Crippen MR) is 114 cm³/mol. The van der Waals surface area contributed by atoms with Crippen molar-refractivity contribution in [1.29, 1.82) is 0 Å². The third kappa shape index (κ3) is 5.60. The summed E-state index contributed by atoms with van der Waals surface area (Å²) in [6.45, 7) is 1.74. The van der Waals surface area contributed by atoms with Crippen molar-refractivity contribution in [2.75, 3.05) is 11.9 Å². The summed E-state index contributed by atoms with van der Waals surface area (Å²) in [6.07, 6.45) is 8.07. The molecule has 7 heteroatoms. The molecule has 1 aliphatic carbocycles. The van der Waals surface area contributed by atoms with Crippen LogP contribution >= 0.6 is 11.6 Å². The number of hydrogen-bond donors (Lipinski definition) is 1. The molecule has 0 saturated heterocycles. The van der Waals surface area contributed by atoms with Gasteiger partial charge in [-0.15, -0.1) is 11.6 Å². The number of rotatable bonds is 6. The first kappa shape index (κ1) is 21.4. The highest BCUT2D eigenvalue weighted by atomic mass is 35.5. The summed E-state index contributed by atoms with van der Waals surface area (Å²) in [5, 5.41) is 4.12. The average Bonchev–Trinajstić information content (AvgIpc) is 2.88. The van der Waals surface area contributed by atoms with E-state index in [4.69, 9.17) is 16.3 Å². The summed E-state index contributed by atoms with van der Waals surface area (Å²) < 4.78 is 6.41. The fourth-order valence-corrected chi connectivity index (χ4v) is 4.30. The van der Waals surface area contributed by atoms with E-state index in [1.54, 1.807) is 30.5 Å². The number of halogens is 1. The SMILES string of the molecule is CC(=O)OCCn1ccc2c(NC(=O)CC3(Cl)CCCCCC3)cccc2c1=O. The van der Waals surface area contributed by atoms with Gasteiger partial charge in [-0.1, -0.05) is 31.7 Å². The first-order valence-electron chi connectivity index (χ1n) is 10.1. The number of ether oxygens (including phenoxy) is 1. The van der Waals surface area contributed by atoms with Crippen LogP contribution in [0.15, 0.2) is 35.3 Å². The fourth-order valence-electron chi connectivity index (χ4n) is 3.91. The molecule has 1 aliphatic rings. The van der Waals surface area contributed by atoms with Gasteiger partial charge in [-0.3, -0.25) is 14.4 Å². The van der Waals surface area contributed by atoms with Crippen LogP contribution in [0, 0.1) is 0 Å². The third-order valence-corrected chi connectivity index (χ3v) is 5.92. The molecule has 2 aromatic rings. The van der Waals surface area contributed by atoms with E-state index in [1.807, 2.05) is 0 Å². The Morgan fingerprint density at radius 2 is 1.86 bits per heavy atom. The Morgan fingerprint density at radius 3 is 2.55 bits per heavy atom. The molecule has 0 radical (unpaired) electrons. The Kier molecular flexibility index (Phi) is 6.96. The number of nitrogens with zero attached hydrogens (tertiary/aromatic N) is 1. The standard InChI is InChI=1S/C22H27ClN2O4/c1-16(26)29-14-13-25-12-9-17-18(21(25)28)7-6-8-19(17)24-20(27)15-22(23)10-4-2-3-5-11-22/h6-9,12H,2-5,10-11,13-15H2,1H3,(H,24,27). The van der Waals surface area contributed by atoms with Crippen LogP contribution in [-0.4, -0.2) is 27.9 Å². The molecular formula is C22H27ClN2O4. The quantitative estimate of drug-likeness (QED) is 0.432. The number of aromatic nitrogens is 1. The molecule has 1 fully saturated rings. The maximum Gasteiger partial charge on any atom is 0.302 e. The lowest BCUT2D eigenvalue weighted by atomic mass is 9.95. The normalized spacial score (nSPS) is 16.2. The van der Waals surface area contributed by atoms with Gasteiger partial charge in [0.05, 0.1) is 11.4 Å². The summed E-state index contributed by atoms with van der Waals surface area (Å²) in [6, 6.07) is 7.06. The van der Waals surface area contributed by atoms with E-state index in [2.05, 4.69) is 5.32 Å². The lowest BCUT2D eigenvalue weighted by molar-refractivity contribution is -0.141. The predicted octanol–water partition coefficient (Wildman–Crippen LogP) is 4.23. The van der Waals surface area contributed by atoms with E-state index in [0.717, 1.165) is 25.7 Å². The number of benzene rings is 1. The van der Waals surface area contributed by atoms with Gasteiger partial charge in [0.25, 0.3) is 5.56 Å². The Labute approximate surface area is 175 Å². The summed E-state index contributed by atoms with van der Waals surface area (Å²) in [5.41, 5.74) is 0.411. The molecule has 0 spiro atoms. The van der Waals surface area contributed by atoms with Gasteiger partial charge in [0, 0.05) is 36.0 Å². The van der Waals surface area contributed by atoms with Gasteiger partial charge in [0.1, 0.15) is 6.61 Å². The fraction of sp³-hybridized carbons (Fsp3) is 0.500. The lowest BCUT2D eigenvalue weighted by Gasteiger charge is -2.24. The highest BCUT2D eigenvalue weighted by molar-refractivity contribution is 6.25. The minimum Gasteiger partial charge on any atom is -0.464 e. The highest BCUT2D eigenvalue weighted by Crippen LogP contribution is 2.36. The van der Waals surface area contributed by atoms with Crippen molar-refractivity contribution in [3.63, 3.8) is 0 Å². The zero-order chi connectivity index (χ0) is 20.9. The first-order valence-corrected chi connectivity index (χ1v) is 10.5. The maximum absolute atomic E-state index is 12.7. The Bertz CT molecular complexity index is 945.